The van der Waals surface area contributed by atoms with Gasteiger partial charge in [-0.2, -0.15) is 0 Å². The Hall–Kier alpha value is -0.330. The topological polar surface area (TPSA) is 17.1 Å². The third kappa shape index (κ3) is 2.92. The molecule has 0 radical (unpaired) electrons. The molecule has 0 aromatic carbocycles. The van der Waals surface area contributed by atoms with Crippen LogP contribution in [0.1, 0.15) is 78.1 Å². The number of Topliss-reactive ketones (excluding diaryl/α,β-unsaturated/α-hetero) is 1. The Morgan fingerprint density at radius 1 is 1.12 bits per heavy atom. The van der Waals surface area contributed by atoms with E-state index in [1.807, 2.05) is 0 Å². The molecule has 0 bridgehead atoms. The van der Waals surface area contributed by atoms with E-state index in [1.165, 1.54) is 51.4 Å². The lowest BCUT2D eigenvalue weighted by atomic mass is 9.55. The van der Waals surface area contributed by atoms with Crippen LogP contribution in [0.15, 0.2) is 0 Å². The van der Waals surface area contributed by atoms with Crippen molar-refractivity contribution in [1.29, 1.82) is 0 Å². The van der Waals surface area contributed by atoms with Gasteiger partial charge in [0.1, 0.15) is 5.78 Å². The van der Waals surface area contributed by atoms with Gasteiger partial charge in [-0.3, -0.25) is 0 Å². The molecule has 1 heteroatoms. The van der Waals surface area contributed by atoms with Crippen molar-refractivity contribution in [2.75, 3.05) is 0 Å². The van der Waals surface area contributed by atoms with Crippen LogP contribution in [0.25, 0.3) is 0 Å². The van der Waals surface area contributed by atoms with E-state index in [9.17, 15) is 4.79 Å². The first-order chi connectivity index (χ1) is 8.14. The maximum Gasteiger partial charge on any atom is 0.129 e. The van der Waals surface area contributed by atoms with Gasteiger partial charge < -0.3 is 4.79 Å². The van der Waals surface area contributed by atoms with Crippen molar-refractivity contribution in [1.82, 2.24) is 0 Å². The summed E-state index contributed by atoms with van der Waals surface area (Å²) in [5, 5.41) is 0. The van der Waals surface area contributed by atoms with Crippen LogP contribution in [0.5, 0.6) is 0 Å². The van der Waals surface area contributed by atoms with Gasteiger partial charge in [-0.25, -0.2) is 0 Å². The highest BCUT2D eigenvalue weighted by molar-refractivity contribution is 5.75. The Morgan fingerprint density at radius 3 is 2.41 bits per heavy atom. The molecule has 2 atom stereocenters. The van der Waals surface area contributed by atoms with Gasteiger partial charge in [0.05, 0.1) is 0 Å². The number of hydrogen-bond acceptors (Lipinski definition) is 1. The maximum atomic E-state index is 11.3. The van der Waals surface area contributed by atoms with E-state index >= 15 is 0 Å². The maximum absolute atomic E-state index is 11.3. The van der Waals surface area contributed by atoms with Crippen molar-refractivity contribution >= 4 is 5.78 Å². The lowest BCUT2D eigenvalue weighted by Crippen LogP contribution is -2.40. The molecule has 2 fully saturated rings. The van der Waals surface area contributed by atoms with Crippen LogP contribution in [0.3, 0.4) is 0 Å². The molecule has 98 valence electrons. The molecule has 0 aliphatic heterocycles. The Balaban J connectivity index is 2.06. The number of ketones is 1. The van der Waals surface area contributed by atoms with Gasteiger partial charge in [0, 0.05) is 6.42 Å². The molecule has 0 unspecified atom stereocenters. The predicted octanol–water partition coefficient (Wildman–Crippen LogP) is 4.74. The van der Waals surface area contributed by atoms with Crippen molar-refractivity contribution in [3.63, 3.8) is 0 Å². The van der Waals surface area contributed by atoms with Crippen LogP contribution in [-0.2, 0) is 4.79 Å². The smallest absolute Gasteiger partial charge is 0.129 e. The fraction of sp³-hybridized carbons (Fsp3) is 0.938. The summed E-state index contributed by atoms with van der Waals surface area (Å²) in [4.78, 5) is 11.3. The Morgan fingerprint density at radius 2 is 1.76 bits per heavy atom. The molecule has 17 heavy (non-hydrogen) atoms. The molecular weight excluding hydrogens is 208 g/mol. The molecule has 2 saturated carbocycles. The molecule has 0 aromatic heterocycles. The monoisotopic (exact) mass is 236 g/mol. The van der Waals surface area contributed by atoms with E-state index < -0.39 is 0 Å². The highest BCUT2D eigenvalue weighted by atomic mass is 16.1. The lowest BCUT2D eigenvalue weighted by molar-refractivity contribution is -0.118. The molecular formula is C16H28O. The van der Waals surface area contributed by atoms with Gasteiger partial charge in [0.15, 0.2) is 0 Å². The summed E-state index contributed by atoms with van der Waals surface area (Å²) in [6.07, 6.45) is 13.4. The molecule has 0 aromatic rings. The van der Waals surface area contributed by atoms with Gasteiger partial charge in [0.2, 0.25) is 0 Å². The van der Waals surface area contributed by atoms with Crippen molar-refractivity contribution in [2.45, 2.75) is 78.1 Å². The van der Waals surface area contributed by atoms with Crippen LogP contribution in [0.2, 0.25) is 0 Å². The third-order valence-electron chi connectivity index (χ3n) is 5.46. The first kappa shape index (κ1) is 13.1. The Labute approximate surface area is 106 Å². The van der Waals surface area contributed by atoms with Crippen LogP contribution >= 0.6 is 0 Å². The van der Waals surface area contributed by atoms with Gasteiger partial charge in [-0.05, 0) is 49.9 Å². The Kier molecular flexibility index (Phi) is 4.27. The van der Waals surface area contributed by atoms with Crippen LogP contribution in [-0.4, -0.2) is 5.78 Å². The van der Waals surface area contributed by atoms with E-state index in [2.05, 4.69) is 6.92 Å². The van der Waals surface area contributed by atoms with Crippen molar-refractivity contribution < 1.29 is 4.79 Å². The van der Waals surface area contributed by atoms with Crippen LogP contribution in [0, 0.1) is 17.3 Å². The van der Waals surface area contributed by atoms with Gasteiger partial charge in [0.25, 0.3) is 0 Å². The minimum Gasteiger partial charge on any atom is -0.300 e. The second kappa shape index (κ2) is 5.54. The predicted molar refractivity (Wildman–Crippen MR) is 71.9 cm³/mol. The minimum absolute atomic E-state index is 0.383. The van der Waals surface area contributed by atoms with Gasteiger partial charge in [-0.15, -0.1) is 0 Å². The average molecular weight is 236 g/mol. The van der Waals surface area contributed by atoms with Gasteiger partial charge in [-0.1, -0.05) is 39.0 Å². The zero-order valence-corrected chi connectivity index (χ0v) is 11.6. The normalized spacial score (nSPS) is 32.6. The molecule has 1 spiro atoms. The fourth-order valence-corrected chi connectivity index (χ4v) is 4.59. The summed E-state index contributed by atoms with van der Waals surface area (Å²) in [5.41, 5.74) is 0.630. The number of carbonyl (C=O) groups is 1. The SMILES string of the molecule is CC(=O)CC[C@@H]1[C@H](C)CCCC12CCCCC2. The minimum atomic E-state index is 0.383. The molecule has 2 aliphatic carbocycles. The first-order valence-corrected chi connectivity index (χ1v) is 7.63. The first-order valence-electron chi connectivity index (χ1n) is 7.63. The summed E-state index contributed by atoms with van der Waals surface area (Å²) < 4.78 is 0. The third-order valence-corrected chi connectivity index (χ3v) is 5.46. The van der Waals surface area contributed by atoms with Crippen molar-refractivity contribution in [3.05, 3.63) is 0 Å². The fourth-order valence-electron chi connectivity index (χ4n) is 4.59. The molecule has 1 nitrogen and oxygen atoms in total. The van der Waals surface area contributed by atoms with E-state index in [0.717, 1.165) is 24.7 Å². The Bertz CT molecular complexity index is 257. The molecule has 0 amide bonds. The van der Waals surface area contributed by atoms with Crippen molar-refractivity contribution in [2.24, 2.45) is 17.3 Å². The zero-order valence-electron chi connectivity index (χ0n) is 11.6. The zero-order chi connectivity index (χ0) is 12.3. The largest absolute Gasteiger partial charge is 0.300 e. The van der Waals surface area contributed by atoms with Crippen LogP contribution < -0.4 is 0 Å². The summed E-state index contributed by atoms with van der Waals surface area (Å²) in [5.74, 6) is 2.07. The second-order valence-electron chi connectivity index (χ2n) is 6.64. The average Bonchev–Trinajstić information content (AvgIpc) is 2.29. The number of hydrogen-bond donors (Lipinski definition) is 0. The summed E-state index contributed by atoms with van der Waals surface area (Å²) in [7, 11) is 0. The van der Waals surface area contributed by atoms with Gasteiger partial charge >= 0.3 is 0 Å². The highest BCUT2D eigenvalue weighted by Gasteiger charge is 2.43. The summed E-state index contributed by atoms with van der Waals surface area (Å²) in [6, 6.07) is 0. The molecule has 0 heterocycles. The molecule has 0 saturated heterocycles. The number of rotatable bonds is 3. The van der Waals surface area contributed by atoms with E-state index in [0.29, 0.717) is 11.2 Å². The number of carbonyl (C=O) groups excluding carboxylic acids is 1. The summed E-state index contributed by atoms with van der Waals surface area (Å²) >= 11 is 0. The van der Waals surface area contributed by atoms with Crippen molar-refractivity contribution in [3.8, 4) is 0 Å². The van der Waals surface area contributed by atoms with Crippen LogP contribution in [0.4, 0.5) is 0 Å². The lowest BCUT2D eigenvalue weighted by Gasteiger charge is -2.50. The van der Waals surface area contributed by atoms with E-state index in [-0.39, 0.29) is 0 Å². The van der Waals surface area contributed by atoms with E-state index in [4.69, 9.17) is 0 Å². The van der Waals surface area contributed by atoms with E-state index in [1.54, 1.807) is 6.92 Å². The standard InChI is InChI=1S/C16H28O/c1-13-7-6-12-16(10-4-3-5-11-16)15(13)9-8-14(2)17/h13,15H,3-12H2,1-2H3/t13-,15-/m1/s1. The molecule has 2 aliphatic rings. The molecule has 2 rings (SSSR count). The highest BCUT2D eigenvalue weighted by Crippen LogP contribution is 2.54. The second-order valence-corrected chi connectivity index (χ2v) is 6.64. The molecule has 0 N–H and O–H groups in total. The quantitative estimate of drug-likeness (QED) is 0.691. The summed E-state index contributed by atoms with van der Waals surface area (Å²) in [6.45, 7) is 4.18.